The average molecular weight is 349 g/mol. The van der Waals surface area contributed by atoms with Crippen molar-refractivity contribution >= 4 is 46.6 Å². The Kier molecular flexibility index (Phi) is 3.14. The number of halogens is 2. The SMILES string of the molecule is O=C1CS[C@]2(C(=O)Nc3ccccc32)N1c1ccc(F)c(Cl)c1. The third kappa shape index (κ3) is 1.91. The molecule has 0 unspecified atom stereocenters. The summed E-state index contributed by atoms with van der Waals surface area (Å²) in [6.07, 6.45) is 0. The number of amides is 2. The van der Waals surface area contributed by atoms with Crippen LogP contribution in [0.15, 0.2) is 42.5 Å². The average Bonchev–Trinajstić information content (AvgIpc) is 3.02. The molecule has 4 nitrogen and oxygen atoms in total. The number of anilines is 2. The number of rotatable bonds is 1. The van der Waals surface area contributed by atoms with Gasteiger partial charge in [-0.05, 0) is 24.3 Å². The lowest BCUT2D eigenvalue weighted by Gasteiger charge is -2.32. The number of carbonyl (C=O) groups is 2. The Hall–Kier alpha value is -2.05. The van der Waals surface area contributed by atoms with Gasteiger partial charge in [0.05, 0.1) is 10.8 Å². The number of nitrogens with one attached hydrogen (secondary N) is 1. The molecule has 1 spiro atoms. The van der Waals surface area contributed by atoms with Crippen LogP contribution in [-0.4, -0.2) is 17.6 Å². The van der Waals surface area contributed by atoms with Gasteiger partial charge in [0.15, 0.2) is 0 Å². The molecule has 0 saturated carbocycles. The van der Waals surface area contributed by atoms with E-state index < -0.39 is 10.7 Å². The fourth-order valence-corrected chi connectivity index (χ4v) is 4.49. The van der Waals surface area contributed by atoms with Gasteiger partial charge in [0.25, 0.3) is 5.91 Å². The summed E-state index contributed by atoms with van der Waals surface area (Å²) in [7, 11) is 0. The highest BCUT2D eigenvalue weighted by Gasteiger charge is 2.58. The van der Waals surface area contributed by atoms with Gasteiger partial charge in [0, 0.05) is 16.9 Å². The maximum Gasteiger partial charge on any atom is 0.266 e. The molecule has 0 aromatic heterocycles. The molecular formula is C16H10ClFN2O2S. The molecule has 2 amide bonds. The molecule has 116 valence electrons. The molecule has 7 heteroatoms. The second-order valence-corrected chi connectivity index (χ2v) is 6.84. The molecule has 1 saturated heterocycles. The molecule has 1 atom stereocenters. The van der Waals surface area contributed by atoms with Crippen molar-refractivity contribution in [3.05, 3.63) is 58.9 Å². The van der Waals surface area contributed by atoms with Gasteiger partial charge in [-0.25, -0.2) is 4.39 Å². The summed E-state index contributed by atoms with van der Waals surface area (Å²) in [5.41, 5.74) is 1.80. The van der Waals surface area contributed by atoms with Crippen molar-refractivity contribution in [2.24, 2.45) is 0 Å². The molecule has 2 aliphatic rings. The zero-order valence-corrected chi connectivity index (χ0v) is 13.2. The van der Waals surface area contributed by atoms with E-state index in [1.54, 1.807) is 6.07 Å². The monoisotopic (exact) mass is 348 g/mol. The van der Waals surface area contributed by atoms with Crippen LogP contribution in [0.2, 0.25) is 5.02 Å². The van der Waals surface area contributed by atoms with Crippen molar-refractivity contribution in [1.29, 1.82) is 0 Å². The topological polar surface area (TPSA) is 49.4 Å². The lowest BCUT2D eigenvalue weighted by Crippen LogP contribution is -2.47. The third-order valence-corrected chi connectivity index (χ3v) is 5.66. The molecule has 23 heavy (non-hydrogen) atoms. The molecule has 2 aromatic rings. The third-order valence-electron chi connectivity index (χ3n) is 3.98. The second kappa shape index (κ2) is 4.97. The standard InChI is InChI=1S/C16H10ClFN2O2S/c17-11-7-9(5-6-12(11)18)20-14(21)8-23-16(20)10-3-1-2-4-13(10)19-15(16)22/h1-7H,8H2,(H,19,22)/t16-/m1/s1. The van der Waals surface area contributed by atoms with Crippen LogP contribution >= 0.6 is 23.4 Å². The largest absolute Gasteiger partial charge is 0.323 e. The zero-order valence-electron chi connectivity index (χ0n) is 11.7. The van der Waals surface area contributed by atoms with Crippen molar-refractivity contribution in [2.45, 2.75) is 4.87 Å². The summed E-state index contributed by atoms with van der Waals surface area (Å²) in [5, 5.41) is 2.73. The van der Waals surface area contributed by atoms with Crippen LogP contribution in [0.25, 0.3) is 0 Å². The normalized spacial score (nSPS) is 22.6. The Labute approximate surface area is 140 Å². The minimum atomic E-state index is -1.17. The second-order valence-electron chi connectivity index (χ2n) is 5.26. The van der Waals surface area contributed by atoms with E-state index in [-0.39, 0.29) is 22.6 Å². The van der Waals surface area contributed by atoms with Gasteiger partial charge in [0.1, 0.15) is 5.82 Å². The fourth-order valence-electron chi connectivity index (χ4n) is 3.00. The Morgan fingerprint density at radius 1 is 1.22 bits per heavy atom. The smallest absolute Gasteiger partial charge is 0.266 e. The molecule has 1 fully saturated rings. The van der Waals surface area contributed by atoms with Crippen LogP contribution in [0, 0.1) is 5.82 Å². The lowest BCUT2D eigenvalue weighted by molar-refractivity contribution is -0.122. The summed E-state index contributed by atoms with van der Waals surface area (Å²) in [5.74, 6) is -0.906. The summed E-state index contributed by atoms with van der Waals surface area (Å²) in [4.78, 5) is 25.4. The number of benzene rings is 2. The number of fused-ring (bicyclic) bond motifs is 2. The highest BCUT2D eigenvalue weighted by molar-refractivity contribution is 8.02. The van der Waals surface area contributed by atoms with E-state index in [4.69, 9.17) is 11.6 Å². The first kappa shape index (κ1) is 14.5. The van der Waals surface area contributed by atoms with E-state index in [0.717, 1.165) is 5.56 Å². The first-order valence-electron chi connectivity index (χ1n) is 6.87. The molecule has 4 rings (SSSR count). The molecule has 1 N–H and O–H groups in total. The van der Waals surface area contributed by atoms with Crippen molar-refractivity contribution in [3.63, 3.8) is 0 Å². The van der Waals surface area contributed by atoms with Gasteiger partial charge in [0.2, 0.25) is 10.8 Å². The van der Waals surface area contributed by atoms with Crippen LogP contribution in [0.1, 0.15) is 5.56 Å². The van der Waals surface area contributed by atoms with Gasteiger partial charge >= 0.3 is 0 Å². The minimum absolute atomic E-state index is 0.0889. The maximum absolute atomic E-state index is 13.4. The van der Waals surface area contributed by atoms with Gasteiger partial charge < -0.3 is 5.32 Å². The van der Waals surface area contributed by atoms with Gasteiger partial charge in [-0.15, -0.1) is 11.8 Å². The number of nitrogens with zero attached hydrogens (tertiary/aromatic N) is 1. The fraction of sp³-hybridized carbons (Fsp3) is 0.125. The Morgan fingerprint density at radius 2 is 2.00 bits per heavy atom. The molecule has 0 aliphatic carbocycles. The van der Waals surface area contributed by atoms with Crippen LogP contribution in [0.5, 0.6) is 0 Å². The number of carbonyl (C=O) groups excluding carboxylic acids is 2. The summed E-state index contributed by atoms with van der Waals surface area (Å²) < 4.78 is 13.4. The van der Waals surface area contributed by atoms with Gasteiger partial charge in [-0.3, -0.25) is 14.5 Å². The predicted molar refractivity (Wildman–Crippen MR) is 88.1 cm³/mol. The molecule has 2 aromatic carbocycles. The Bertz CT molecular complexity index is 860. The van der Waals surface area contributed by atoms with Crippen LogP contribution < -0.4 is 10.2 Å². The van der Waals surface area contributed by atoms with E-state index in [1.807, 2.05) is 18.2 Å². The van der Waals surface area contributed by atoms with E-state index >= 15 is 0 Å². The van der Waals surface area contributed by atoms with Crippen molar-refractivity contribution in [3.8, 4) is 0 Å². The van der Waals surface area contributed by atoms with Crippen molar-refractivity contribution in [2.75, 3.05) is 16.0 Å². The first-order valence-corrected chi connectivity index (χ1v) is 8.23. The lowest BCUT2D eigenvalue weighted by atomic mass is 10.0. The van der Waals surface area contributed by atoms with E-state index in [1.165, 1.54) is 34.9 Å². The molecule has 0 radical (unpaired) electrons. The summed E-state index contributed by atoms with van der Waals surface area (Å²) in [6.45, 7) is 0. The van der Waals surface area contributed by atoms with Crippen molar-refractivity contribution in [1.82, 2.24) is 0 Å². The number of hydrogen-bond donors (Lipinski definition) is 1. The minimum Gasteiger partial charge on any atom is -0.323 e. The number of thioether (sulfide) groups is 1. The van der Waals surface area contributed by atoms with Gasteiger partial charge in [-0.1, -0.05) is 29.8 Å². The first-order chi connectivity index (χ1) is 11.0. The maximum atomic E-state index is 13.4. The van der Waals surface area contributed by atoms with Gasteiger partial charge in [-0.2, -0.15) is 0 Å². The van der Waals surface area contributed by atoms with E-state index in [9.17, 15) is 14.0 Å². The van der Waals surface area contributed by atoms with Crippen LogP contribution in [-0.2, 0) is 14.5 Å². The van der Waals surface area contributed by atoms with E-state index in [2.05, 4.69) is 5.32 Å². The van der Waals surface area contributed by atoms with Crippen molar-refractivity contribution < 1.29 is 14.0 Å². The van der Waals surface area contributed by atoms with E-state index in [0.29, 0.717) is 11.4 Å². The summed E-state index contributed by atoms with van der Waals surface area (Å²) >= 11 is 7.10. The zero-order chi connectivity index (χ0) is 16.2. The molecule has 2 heterocycles. The van der Waals surface area contributed by atoms with Crippen LogP contribution in [0.3, 0.4) is 0 Å². The predicted octanol–water partition coefficient (Wildman–Crippen LogP) is 3.36. The highest BCUT2D eigenvalue weighted by atomic mass is 35.5. The number of hydrogen-bond acceptors (Lipinski definition) is 3. The Balaban J connectivity index is 1.93. The molecule has 2 aliphatic heterocycles. The molecular weight excluding hydrogens is 339 g/mol. The van der Waals surface area contributed by atoms with Crippen LogP contribution in [0.4, 0.5) is 15.8 Å². The molecule has 0 bridgehead atoms. The number of para-hydroxylation sites is 1. The summed E-state index contributed by atoms with van der Waals surface area (Å²) in [6, 6.07) is 11.3. The quantitative estimate of drug-likeness (QED) is 0.859. The highest BCUT2D eigenvalue weighted by Crippen LogP contribution is 2.53. The Morgan fingerprint density at radius 3 is 2.78 bits per heavy atom.